The predicted octanol–water partition coefficient (Wildman–Crippen LogP) is 1.01. The van der Waals surface area contributed by atoms with Crippen molar-refractivity contribution in [2.45, 2.75) is 44.8 Å². The summed E-state index contributed by atoms with van der Waals surface area (Å²) in [5.41, 5.74) is 0. The lowest BCUT2D eigenvalue weighted by Crippen LogP contribution is -2.47. The lowest BCUT2D eigenvalue weighted by Gasteiger charge is -2.31. The highest BCUT2D eigenvalue weighted by atomic mass is 16.5. The van der Waals surface area contributed by atoms with Crippen LogP contribution in [0.2, 0.25) is 0 Å². The van der Waals surface area contributed by atoms with E-state index in [0.717, 1.165) is 19.4 Å². The fraction of sp³-hybridized carbons (Fsp3) is 0.917. The molecule has 2 unspecified atom stereocenters. The van der Waals surface area contributed by atoms with Crippen LogP contribution in [0.1, 0.15) is 32.6 Å². The second-order valence-electron chi connectivity index (χ2n) is 4.45. The second kappa shape index (κ2) is 6.86. The van der Waals surface area contributed by atoms with Crippen LogP contribution < -0.4 is 5.32 Å². The highest BCUT2D eigenvalue weighted by Crippen LogP contribution is 2.20. The van der Waals surface area contributed by atoms with Gasteiger partial charge >= 0.3 is 0 Å². The van der Waals surface area contributed by atoms with Crippen molar-refractivity contribution in [3.05, 3.63) is 0 Å². The predicted molar refractivity (Wildman–Crippen MR) is 64.4 cm³/mol. The molecule has 0 radical (unpaired) electrons. The highest BCUT2D eigenvalue weighted by molar-refractivity contribution is 5.77. The number of carbonyl (C=O) groups excluding carboxylic acids is 1. The normalized spacial score (nSPS) is 25.4. The molecule has 0 heterocycles. The molecule has 4 nitrogen and oxygen atoms in total. The average Bonchev–Trinajstić information content (AvgIpc) is 2.35. The zero-order chi connectivity index (χ0) is 12.0. The number of methoxy groups -OCH3 is 1. The number of nitrogens with one attached hydrogen (secondary N) is 1. The molecule has 0 saturated heterocycles. The summed E-state index contributed by atoms with van der Waals surface area (Å²) in [6.45, 7) is 3.17. The molecular formula is C12H24N2O2. The maximum Gasteiger partial charge on any atom is 0.236 e. The van der Waals surface area contributed by atoms with E-state index in [1.165, 1.54) is 12.8 Å². The van der Waals surface area contributed by atoms with Crippen LogP contribution in [0.25, 0.3) is 0 Å². The van der Waals surface area contributed by atoms with Gasteiger partial charge in [-0.25, -0.2) is 0 Å². The first-order valence-electron chi connectivity index (χ1n) is 6.19. The van der Waals surface area contributed by atoms with Crippen LogP contribution in [0.15, 0.2) is 0 Å². The molecule has 0 spiro atoms. The Balaban J connectivity index is 2.32. The van der Waals surface area contributed by atoms with Gasteiger partial charge in [-0.2, -0.15) is 0 Å². The Hall–Kier alpha value is -0.610. The Morgan fingerprint density at radius 2 is 2.12 bits per heavy atom. The topological polar surface area (TPSA) is 41.6 Å². The molecule has 0 bridgehead atoms. The third kappa shape index (κ3) is 3.76. The van der Waals surface area contributed by atoms with Crippen molar-refractivity contribution < 1.29 is 9.53 Å². The van der Waals surface area contributed by atoms with Crippen LogP contribution in [-0.4, -0.2) is 50.2 Å². The molecule has 1 amide bonds. The maximum atomic E-state index is 11.6. The Morgan fingerprint density at radius 1 is 1.44 bits per heavy atom. The minimum Gasteiger partial charge on any atom is -0.380 e. The van der Waals surface area contributed by atoms with Crippen molar-refractivity contribution in [3.63, 3.8) is 0 Å². The van der Waals surface area contributed by atoms with E-state index in [1.54, 1.807) is 12.0 Å². The lowest BCUT2D eigenvalue weighted by atomic mass is 9.92. The van der Waals surface area contributed by atoms with Crippen LogP contribution in [-0.2, 0) is 9.53 Å². The Kier molecular flexibility index (Phi) is 5.77. The van der Waals surface area contributed by atoms with E-state index in [0.29, 0.717) is 12.6 Å². The van der Waals surface area contributed by atoms with Gasteiger partial charge in [0.25, 0.3) is 0 Å². The van der Waals surface area contributed by atoms with Crippen LogP contribution in [0, 0.1) is 0 Å². The molecule has 1 rings (SSSR count). The molecule has 94 valence electrons. The summed E-state index contributed by atoms with van der Waals surface area (Å²) in [6.07, 6.45) is 4.95. The first-order chi connectivity index (χ1) is 7.69. The second-order valence-corrected chi connectivity index (χ2v) is 4.45. The van der Waals surface area contributed by atoms with E-state index in [2.05, 4.69) is 5.32 Å². The summed E-state index contributed by atoms with van der Waals surface area (Å²) in [4.78, 5) is 13.4. The summed E-state index contributed by atoms with van der Waals surface area (Å²) in [5, 5.41) is 3.32. The highest BCUT2D eigenvalue weighted by Gasteiger charge is 2.25. The molecule has 0 aliphatic heterocycles. The molecule has 0 aromatic rings. The molecule has 0 aromatic heterocycles. The monoisotopic (exact) mass is 228 g/mol. The van der Waals surface area contributed by atoms with Crippen molar-refractivity contribution in [3.8, 4) is 0 Å². The van der Waals surface area contributed by atoms with Crippen molar-refractivity contribution in [2.24, 2.45) is 0 Å². The van der Waals surface area contributed by atoms with Crippen molar-refractivity contribution in [1.29, 1.82) is 0 Å². The zero-order valence-corrected chi connectivity index (χ0v) is 10.7. The van der Waals surface area contributed by atoms with Crippen LogP contribution >= 0.6 is 0 Å². The molecule has 1 N–H and O–H groups in total. The van der Waals surface area contributed by atoms with Crippen LogP contribution in [0.5, 0.6) is 0 Å². The molecule has 16 heavy (non-hydrogen) atoms. The van der Waals surface area contributed by atoms with E-state index in [4.69, 9.17) is 4.74 Å². The van der Waals surface area contributed by atoms with Gasteiger partial charge in [-0.15, -0.1) is 0 Å². The van der Waals surface area contributed by atoms with Gasteiger partial charge in [0.05, 0.1) is 12.6 Å². The number of rotatable bonds is 5. The largest absolute Gasteiger partial charge is 0.380 e. The number of nitrogens with zero attached hydrogens (tertiary/aromatic N) is 1. The van der Waals surface area contributed by atoms with Gasteiger partial charge < -0.3 is 15.0 Å². The summed E-state index contributed by atoms with van der Waals surface area (Å²) in [6, 6.07) is 0.341. The molecule has 0 aromatic carbocycles. The Bertz CT molecular complexity index is 221. The van der Waals surface area contributed by atoms with Crippen LogP contribution in [0.4, 0.5) is 0 Å². The van der Waals surface area contributed by atoms with Gasteiger partial charge in [0.15, 0.2) is 0 Å². The molecule has 1 saturated carbocycles. The fourth-order valence-electron chi connectivity index (χ4n) is 2.14. The SMILES string of the molecule is CCN(C)C(=O)CNC1CCCCC1OC. The van der Waals surface area contributed by atoms with Gasteiger partial charge in [-0.3, -0.25) is 4.79 Å². The van der Waals surface area contributed by atoms with Crippen molar-refractivity contribution in [2.75, 3.05) is 27.2 Å². The van der Waals surface area contributed by atoms with Gasteiger partial charge in [0.1, 0.15) is 0 Å². The molecular weight excluding hydrogens is 204 g/mol. The molecule has 4 heteroatoms. The summed E-state index contributed by atoms with van der Waals surface area (Å²) < 4.78 is 5.44. The minimum absolute atomic E-state index is 0.155. The minimum atomic E-state index is 0.155. The zero-order valence-electron chi connectivity index (χ0n) is 10.7. The molecule has 2 atom stereocenters. The number of ether oxygens (including phenoxy) is 1. The fourth-order valence-corrected chi connectivity index (χ4v) is 2.14. The van der Waals surface area contributed by atoms with E-state index in [-0.39, 0.29) is 12.0 Å². The molecule has 1 aliphatic rings. The average molecular weight is 228 g/mol. The van der Waals surface area contributed by atoms with Crippen molar-refractivity contribution >= 4 is 5.91 Å². The number of amides is 1. The van der Waals surface area contributed by atoms with E-state index in [9.17, 15) is 4.79 Å². The smallest absolute Gasteiger partial charge is 0.236 e. The van der Waals surface area contributed by atoms with E-state index >= 15 is 0 Å². The first kappa shape index (κ1) is 13.5. The summed E-state index contributed by atoms with van der Waals surface area (Å²) >= 11 is 0. The first-order valence-corrected chi connectivity index (χ1v) is 6.19. The maximum absolute atomic E-state index is 11.6. The Morgan fingerprint density at radius 3 is 2.75 bits per heavy atom. The summed E-state index contributed by atoms with van der Waals surface area (Å²) in [7, 11) is 3.59. The molecule has 1 aliphatic carbocycles. The van der Waals surface area contributed by atoms with Gasteiger partial charge in [-0.1, -0.05) is 12.8 Å². The lowest BCUT2D eigenvalue weighted by molar-refractivity contribution is -0.129. The number of hydrogen-bond acceptors (Lipinski definition) is 3. The van der Waals surface area contributed by atoms with Crippen LogP contribution in [0.3, 0.4) is 0 Å². The van der Waals surface area contributed by atoms with E-state index < -0.39 is 0 Å². The summed E-state index contributed by atoms with van der Waals surface area (Å²) in [5.74, 6) is 0.155. The third-order valence-electron chi connectivity index (χ3n) is 3.42. The quantitative estimate of drug-likeness (QED) is 0.763. The third-order valence-corrected chi connectivity index (χ3v) is 3.42. The Labute approximate surface area is 98.3 Å². The van der Waals surface area contributed by atoms with Gasteiger partial charge in [-0.05, 0) is 19.8 Å². The number of carbonyl (C=O) groups is 1. The van der Waals surface area contributed by atoms with Gasteiger partial charge in [0, 0.05) is 26.7 Å². The van der Waals surface area contributed by atoms with E-state index in [1.807, 2.05) is 14.0 Å². The standard InChI is InChI=1S/C12H24N2O2/c1-4-14(2)12(15)9-13-10-7-5-6-8-11(10)16-3/h10-11,13H,4-9H2,1-3H3. The number of hydrogen-bond donors (Lipinski definition) is 1. The van der Waals surface area contributed by atoms with Gasteiger partial charge in [0.2, 0.25) is 5.91 Å². The van der Waals surface area contributed by atoms with Crippen molar-refractivity contribution in [1.82, 2.24) is 10.2 Å². The number of likely N-dealkylation sites (N-methyl/N-ethyl adjacent to an activating group) is 1. The molecule has 1 fully saturated rings.